The van der Waals surface area contributed by atoms with E-state index in [0.717, 1.165) is 17.1 Å². The summed E-state index contributed by atoms with van der Waals surface area (Å²) in [7, 11) is -3.39. The van der Waals surface area contributed by atoms with Gasteiger partial charge < -0.3 is 0 Å². The predicted molar refractivity (Wildman–Crippen MR) is 91.9 cm³/mol. The van der Waals surface area contributed by atoms with E-state index < -0.39 is 10.0 Å². The van der Waals surface area contributed by atoms with E-state index in [1.807, 2.05) is 30.3 Å². The Kier molecular flexibility index (Phi) is 5.02. The van der Waals surface area contributed by atoms with E-state index in [-0.39, 0.29) is 0 Å². The Morgan fingerprint density at radius 1 is 0.870 bits per heavy atom. The Bertz CT molecular complexity index is 757. The summed E-state index contributed by atoms with van der Waals surface area (Å²) in [6.07, 6.45) is 0. The molecule has 0 saturated carbocycles. The number of hydrogen-bond donors (Lipinski definition) is 0. The van der Waals surface area contributed by atoms with Crippen LogP contribution in [-0.4, -0.2) is 43.8 Å². The maximum Gasteiger partial charge on any atom is 0.243 e. The third-order valence-corrected chi connectivity index (χ3v) is 6.35. The fraction of sp³-hybridized carbons (Fsp3) is 0.294. The summed E-state index contributed by atoms with van der Waals surface area (Å²) in [6.45, 7) is 3.16. The van der Waals surface area contributed by atoms with Crippen molar-refractivity contribution in [2.75, 3.05) is 26.2 Å². The molecule has 4 nitrogen and oxygen atoms in total. The molecule has 2 aromatic carbocycles. The van der Waals surface area contributed by atoms with Gasteiger partial charge in [-0.15, -0.1) is 0 Å². The minimum Gasteiger partial charge on any atom is -0.296 e. The van der Waals surface area contributed by atoms with Gasteiger partial charge in [0.25, 0.3) is 0 Å². The topological polar surface area (TPSA) is 40.6 Å². The highest BCUT2D eigenvalue weighted by Gasteiger charge is 2.28. The molecule has 0 aliphatic carbocycles. The van der Waals surface area contributed by atoms with E-state index in [0.29, 0.717) is 31.1 Å². The summed E-state index contributed by atoms with van der Waals surface area (Å²) in [5.74, 6) is 0. The minimum absolute atomic E-state index is 0.361. The Morgan fingerprint density at radius 3 is 2.13 bits per heavy atom. The summed E-state index contributed by atoms with van der Waals surface area (Å²) >= 11 is 6.19. The van der Waals surface area contributed by atoms with Crippen LogP contribution < -0.4 is 0 Å². The molecular formula is C17H19ClN2O2S. The standard InChI is InChI=1S/C17H19ClN2O2S/c18-17-9-5-4-6-15(17)14-19-10-12-20(13-11-19)23(21,22)16-7-2-1-3-8-16/h1-9H,10-14H2. The van der Waals surface area contributed by atoms with Gasteiger partial charge >= 0.3 is 0 Å². The van der Waals surface area contributed by atoms with Gasteiger partial charge in [-0.25, -0.2) is 8.42 Å². The summed E-state index contributed by atoms with van der Waals surface area (Å²) in [5.41, 5.74) is 1.08. The van der Waals surface area contributed by atoms with Crippen molar-refractivity contribution in [1.29, 1.82) is 0 Å². The number of hydrogen-bond acceptors (Lipinski definition) is 3. The maximum atomic E-state index is 12.6. The SMILES string of the molecule is O=S(=O)(c1ccccc1)N1CCN(Cc2ccccc2Cl)CC1. The van der Waals surface area contributed by atoms with Crippen LogP contribution in [0, 0.1) is 0 Å². The smallest absolute Gasteiger partial charge is 0.243 e. The van der Waals surface area contributed by atoms with E-state index in [1.54, 1.807) is 28.6 Å². The van der Waals surface area contributed by atoms with Gasteiger partial charge in [-0.2, -0.15) is 4.31 Å². The largest absolute Gasteiger partial charge is 0.296 e. The number of sulfonamides is 1. The molecule has 23 heavy (non-hydrogen) atoms. The van der Waals surface area contributed by atoms with Crippen molar-refractivity contribution in [2.45, 2.75) is 11.4 Å². The van der Waals surface area contributed by atoms with E-state index in [1.165, 1.54) is 0 Å². The zero-order chi connectivity index (χ0) is 16.3. The quantitative estimate of drug-likeness (QED) is 0.851. The molecule has 1 aliphatic heterocycles. The molecule has 122 valence electrons. The molecular weight excluding hydrogens is 332 g/mol. The van der Waals surface area contributed by atoms with Crippen LogP contribution in [0.15, 0.2) is 59.5 Å². The monoisotopic (exact) mass is 350 g/mol. The average molecular weight is 351 g/mol. The Hall–Kier alpha value is -1.40. The van der Waals surface area contributed by atoms with Gasteiger partial charge in [0.2, 0.25) is 10.0 Å². The van der Waals surface area contributed by atoms with Crippen LogP contribution in [0.1, 0.15) is 5.56 Å². The van der Waals surface area contributed by atoms with Crippen molar-refractivity contribution >= 4 is 21.6 Å². The van der Waals surface area contributed by atoms with Crippen molar-refractivity contribution in [1.82, 2.24) is 9.21 Å². The third-order valence-electron chi connectivity index (χ3n) is 4.06. The van der Waals surface area contributed by atoms with Crippen molar-refractivity contribution in [3.05, 3.63) is 65.2 Å². The number of nitrogens with zero attached hydrogens (tertiary/aromatic N) is 2. The predicted octanol–water partition coefficient (Wildman–Crippen LogP) is 2.85. The maximum absolute atomic E-state index is 12.6. The summed E-state index contributed by atoms with van der Waals surface area (Å²) < 4.78 is 26.7. The normalized spacial score (nSPS) is 17.3. The Balaban J connectivity index is 1.64. The molecule has 1 fully saturated rings. The second-order valence-electron chi connectivity index (χ2n) is 5.58. The Labute approximate surface area is 142 Å². The fourth-order valence-electron chi connectivity index (χ4n) is 2.74. The second kappa shape index (κ2) is 7.01. The van der Waals surface area contributed by atoms with Crippen LogP contribution in [0.5, 0.6) is 0 Å². The van der Waals surface area contributed by atoms with Crippen LogP contribution in [0.2, 0.25) is 5.02 Å². The molecule has 1 saturated heterocycles. The van der Waals surface area contributed by atoms with Gasteiger partial charge in [-0.05, 0) is 23.8 Å². The van der Waals surface area contributed by atoms with Gasteiger partial charge in [0.15, 0.2) is 0 Å². The number of rotatable bonds is 4. The molecule has 0 atom stereocenters. The molecule has 1 heterocycles. The lowest BCUT2D eigenvalue weighted by atomic mass is 10.2. The zero-order valence-electron chi connectivity index (χ0n) is 12.7. The first kappa shape index (κ1) is 16.5. The van der Waals surface area contributed by atoms with Crippen molar-refractivity contribution in [3.8, 4) is 0 Å². The highest BCUT2D eigenvalue weighted by atomic mass is 35.5. The first-order valence-corrected chi connectivity index (χ1v) is 9.40. The molecule has 0 amide bonds. The van der Waals surface area contributed by atoms with E-state index in [4.69, 9.17) is 11.6 Å². The Morgan fingerprint density at radius 2 is 1.48 bits per heavy atom. The van der Waals surface area contributed by atoms with E-state index in [9.17, 15) is 8.42 Å². The van der Waals surface area contributed by atoms with Crippen LogP contribution in [0.25, 0.3) is 0 Å². The van der Waals surface area contributed by atoms with E-state index >= 15 is 0 Å². The molecule has 0 unspecified atom stereocenters. The number of halogens is 1. The van der Waals surface area contributed by atoms with Crippen LogP contribution in [0.3, 0.4) is 0 Å². The van der Waals surface area contributed by atoms with Gasteiger partial charge in [0.1, 0.15) is 0 Å². The molecule has 1 aliphatic rings. The molecule has 0 N–H and O–H groups in total. The fourth-order valence-corrected chi connectivity index (χ4v) is 4.38. The number of piperazine rings is 1. The van der Waals surface area contributed by atoms with Gasteiger partial charge in [-0.3, -0.25) is 4.90 Å². The highest BCUT2D eigenvalue weighted by molar-refractivity contribution is 7.89. The minimum atomic E-state index is -3.39. The van der Waals surface area contributed by atoms with Gasteiger partial charge in [0.05, 0.1) is 4.90 Å². The van der Waals surface area contributed by atoms with Gasteiger partial charge in [0, 0.05) is 37.7 Å². The van der Waals surface area contributed by atoms with Crippen LogP contribution in [-0.2, 0) is 16.6 Å². The molecule has 0 radical (unpaired) electrons. The lowest BCUT2D eigenvalue weighted by Gasteiger charge is -2.34. The molecule has 3 rings (SSSR count). The molecule has 2 aromatic rings. The summed E-state index contributed by atoms with van der Waals surface area (Å²) in [6, 6.07) is 16.4. The third kappa shape index (κ3) is 3.75. The van der Waals surface area contributed by atoms with Gasteiger partial charge in [-0.1, -0.05) is 48.0 Å². The lowest BCUT2D eigenvalue weighted by molar-refractivity contribution is 0.181. The van der Waals surface area contributed by atoms with Crippen molar-refractivity contribution in [3.63, 3.8) is 0 Å². The molecule has 0 spiro atoms. The molecule has 0 aromatic heterocycles. The summed E-state index contributed by atoms with van der Waals surface area (Å²) in [4.78, 5) is 2.60. The van der Waals surface area contributed by atoms with Crippen LogP contribution in [0.4, 0.5) is 0 Å². The second-order valence-corrected chi connectivity index (χ2v) is 7.93. The van der Waals surface area contributed by atoms with Crippen molar-refractivity contribution < 1.29 is 8.42 Å². The average Bonchev–Trinajstić information content (AvgIpc) is 2.58. The highest BCUT2D eigenvalue weighted by Crippen LogP contribution is 2.20. The first-order chi connectivity index (χ1) is 11.1. The van der Waals surface area contributed by atoms with Crippen LogP contribution >= 0.6 is 11.6 Å². The zero-order valence-corrected chi connectivity index (χ0v) is 14.3. The summed E-state index contributed by atoms with van der Waals surface area (Å²) in [5, 5.41) is 0.756. The first-order valence-electron chi connectivity index (χ1n) is 7.58. The molecule has 0 bridgehead atoms. The lowest BCUT2D eigenvalue weighted by Crippen LogP contribution is -2.48. The number of benzene rings is 2. The molecule has 6 heteroatoms. The van der Waals surface area contributed by atoms with Crippen molar-refractivity contribution in [2.24, 2.45) is 0 Å². The van der Waals surface area contributed by atoms with E-state index in [2.05, 4.69) is 4.90 Å².